The van der Waals surface area contributed by atoms with Gasteiger partial charge in [-0.15, -0.1) is 0 Å². The number of esters is 1. The first kappa shape index (κ1) is 83.5. The fourth-order valence-electron chi connectivity index (χ4n) is 11.6. The van der Waals surface area contributed by atoms with Gasteiger partial charge >= 0.3 is 5.97 Å². The van der Waals surface area contributed by atoms with E-state index in [0.717, 1.165) is 57.8 Å². The van der Waals surface area contributed by atoms with Crippen LogP contribution in [0.4, 0.5) is 0 Å². The van der Waals surface area contributed by atoms with E-state index in [4.69, 9.17) is 13.8 Å². The molecule has 0 saturated carbocycles. The standard InChI is InChI=1S/C75H147N2O7P/c1-7-10-13-16-19-22-25-27-29-31-33-35-37-38-40-42-44-46-48-50-53-56-59-62-65-68-75(79)84-73(66-63-60-57-54-51-24-21-18-15-12-9-3)72(71-83-85(80,81)82-70-69-77(4,5)6)76-74(78)67-64-61-58-55-52-49-47-45-43-41-39-36-34-32-30-28-26-23-20-17-14-11-8-2/h27,29,63,66,72-73H,7-26,28,30-62,64-65,67-71H2,1-6H3,(H-,76,78,80,81)/b29-27+,66-63+. The van der Waals surface area contributed by atoms with Gasteiger partial charge in [0.15, 0.2) is 0 Å². The Bertz CT molecular complexity index is 1500. The van der Waals surface area contributed by atoms with Crippen LogP contribution in [-0.4, -0.2) is 69.4 Å². The molecule has 0 spiro atoms. The summed E-state index contributed by atoms with van der Waals surface area (Å²) in [5.74, 6) is -0.516. The number of rotatable bonds is 70. The average Bonchev–Trinajstić information content (AvgIpc) is 3.58. The van der Waals surface area contributed by atoms with Crippen molar-refractivity contribution in [1.82, 2.24) is 5.32 Å². The number of carbonyl (C=O) groups is 2. The van der Waals surface area contributed by atoms with Gasteiger partial charge in [-0.3, -0.25) is 14.2 Å². The van der Waals surface area contributed by atoms with Crippen LogP contribution in [0.5, 0.6) is 0 Å². The maximum atomic E-state index is 13.6. The van der Waals surface area contributed by atoms with Gasteiger partial charge in [-0.1, -0.05) is 347 Å². The highest BCUT2D eigenvalue weighted by Gasteiger charge is 2.27. The van der Waals surface area contributed by atoms with Gasteiger partial charge < -0.3 is 28.5 Å². The van der Waals surface area contributed by atoms with E-state index >= 15 is 0 Å². The molecule has 0 aliphatic carbocycles. The summed E-state index contributed by atoms with van der Waals surface area (Å²) in [6, 6.07) is -0.883. The van der Waals surface area contributed by atoms with Crippen molar-refractivity contribution >= 4 is 19.7 Å². The fourth-order valence-corrected chi connectivity index (χ4v) is 12.3. The number of likely N-dealkylation sites (N-methyl/N-ethyl adjacent to an activating group) is 1. The third-order valence-electron chi connectivity index (χ3n) is 17.4. The maximum Gasteiger partial charge on any atom is 0.306 e. The van der Waals surface area contributed by atoms with Crippen molar-refractivity contribution in [1.29, 1.82) is 0 Å². The lowest BCUT2D eigenvalue weighted by Crippen LogP contribution is -2.47. The zero-order valence-electron chi connectivity index (χ0n) is 57.8. The second kappa shape index (κ2) is 65.4. The molecule has 0 saturated heterocycles. The van der Waals surface area contributed by atoms with Gasteiger partial charge in [0.05, 0.1) is 33.8 Å². The zero-order chi connectivity index (χ0) is 62.1. The first-order chi connectivity index (χ1) is 41.4. The molecule has 0 aliphatic heterocycles. The van der Waals surface area contributed by atoms with Crippen LogP contribution in [-0.2, 0) is 27.9 Å². The van der Waals surface area contributed by atoms with E-state index in [1.807, 2.05) is 33.3 Å². The highest BCUT2D eigenvalue weighted by molar-refractivity contribution is 7.45. The average molecular weight is 1220 g/mol. The molecular formula is C75H147N2O7P. The van der Waals surface area contributed by atoms with Gasteiger partial charge in [0, 0.05) is 12.8 Å². The number of unbranched alkanes of at least 4 members (excludes halogenated alkanes) is 52. The topological polar surface area (TPSA) is 114 Å². The normalized spacial score (nSPS) is 13.5. The number of phosphoric acid groups is 1. The van der Waals surface area contributed by atoms with E-state index in [-0.39, 0.29) is 31.5 Å². The lowest BCUT2D eigenvalue weighted by molar-refractivity contribution is -0.870. The van der Waals surface area contributed by atoms with Crippen molar-refractivity contribution in [2.24, 2.45) is 0 Å². The molecule has 1 amide bonds. The molecule has 0 aliphatic rings. The molecule has 1 N–H and O–H groups in total. The number of quaternary nitrogens is 1. The lowest BCUT2D eigenvalue weighted by Gasteiger charge is -2.30. The number of phosphoric ester groups is 1. The van der Waals surface area contributed by atoms with Crippen LogP contribution >= 0.6 is 7.82 Å². The minimum Gasteiger partial charge on any atom is -0.756 e. The Kier molecular flexibility index (Phi) is 64.3. The molecule has 3 atom stereocenters. The third-order valence-corrected chi connectivity index (χ3v) is 18.3. The van der Waals surface area contributed by atoms with Crippen molar-refractivity contribution < 1.29 is 37.3 Å². The summed E-state index contributed by atoms with van der Waals surface area (Å²) in [7, 11) is 1.21. The summed E-state index contributed by atoms with van der Waals surface area (Å²) in [6.07, 6.45) is 80.3. The molecule has 3 unspecified atom stereocenters. The van der Waals surface area contributed by atoms with E-state index in [1.165, 1.54) is 302 Å². The quantitative estimate of drug-likeness (QED) is 0.0212. The van der Waals surface area contributed by atoms with Crippen LogP contribution < -0.4 is 10.2 Å². The highest BCUT2D eigenvalue weighted by Crippen LogP contribution is 2.38. The Balaban J connectivity index is 4.91. The molecule has 0 aromatic rings. The molecule has 0 heterocycles. The number of allylic oxidation sites excluding steroid dienone is 3. The van der Waals surface area contributed by atoms with Crippen molar-refractivity contribution in [3.05, 3.63) is 24.3 Å². The van der Waals surface area contributed by atoms with Gasteiger partial charge in [-0.2, -0.15) is 0 Å². The number of amides is 1. The largest absolute Gasteiger partial charge is 0.756 e. The first-order valence-electron chi connectivity index (χ1n) is 37.6. The van der Waals surface area contributed by atoms with E-state index in [0.29, 0.717) is 17.4 Å². The van der Waals surface area contributed by atoms with Gasteiger partial charge in [-0.25, -0.2) is 0 Å². The summed E-state index contributed by atoms with van der Waals surface area (Å²) in [4.78, 5) is 40.2. The van der Waals surface area contributed by atoms with Crippen molar-refractivity contribution in [2.75, 3.05) is 40.9 Å². The van der Waals surface area contributed by atoms with E-state index in [1.54, 1.807) is 0 Å². The second-order valence-electron chi connectivity index (χ2n) is 27.2. The van der Waals surface area contributed by atoms with Crippen LogP contribution in [0.1, 0.15) is 393 Å². The van der Waals surface area contributed by atoms with Crippen molar-refractivity contribution in [3.8, 4) is 0 Å². The Hall–Kier alpha value is -1.51. The molecule has 0 rings (SSSR count). The van der Waals surface area contributed by atoms with Gasteiger partial charge in [0.2, 0.25) is 5.91 Å². The Morgan fingerprint density at radius 2 is 0.682 bits per heavy atom. The van der Waals surface area contributed by atoms with E-state index in [9.17, 15) is 19.0 Å². The lowest BCUT2D eigenvalue weighted by atomic mass is 10.0. The van der Waals surface area contributed by atoms with Crippen LogP contribution in [0, 0.1) is 0 Å². The van der Waals surface area contributed by atoms with E-state index in [2.05, 4.69) is 38.2 Å². The van der Waals surface area contributed by atoms with E-state index < -0.39 is 20.0 Å². The van der Waals surface area contributed by atoms with Gasteiger partial charge in [-0.05, 0) is 57.4 Å². The minimum absolute atomic E-state index is 0.0177. The second-order valence-corrected chi connectivity index (χ2v) is 28.6. The Morgan fingerprint density at radius 3 is 1.00 bits per heavy atom. The molecule has 0 radical (unpaired) electrons. The molecular weight excluding hydrogens is 1070 g/mol. The summed E-state index contributed by atoms with van der Waals surface area (Å²) in [6.45, 7) is 6.91. The number of nitrogens with zero attached hydrogens (tertiary/aromatic N) is 1. The van der Waals surface area contributed by atoms with Crippen molar-refractivity contribution in [2.45, 2.75) is 405 Å². The van der Waals surface area contributed by atoms with Gasteiger partial charge in [0.1, 0.15) is 19.3 Å². The summed E-state index contributed by atoms with van der Waals surface area (Å²) in [5, 5.41) is 3.05. The SMILES string of the molecule is CCCCCCCC/C=C/CCCCCCCCCCCCCCCCCC(=O)OC(/C=C/CCCCCCCCCCC)C(COP(=O)([O-])OCC[N+](C)(C)C)NC(=O)CCCCCCCCCCCCCCCCCCCCCCCCC. The Morgan fingerprint density at radius 1 is 0.400 bits per heavy atom. The zero-order valence-corrected chi connectivity index (χ0v) is 58.7. The molecule has 0 bridgehead atoms. The number of nitrogens with one attached hydrogen (secondary N) is 1. The summed E-state index contributed by atoms with van der Waals surface area (Å²) < 4.78 is 30.5. The highest BCUT2D eigenvalue weighted by atomic mass is 31.2. The van der Waals surface area contributed by atoms with Gasteiger partial charge in [0.25, 0.3) is 7.82 Å². The van der Waals surface area contributed by atoms with Crippen LogP contribution in [0.2, 0.25) is 0 Å². The first-order valence-corrected chi connectivity index (χ1v) is 39.1. The molecule has 0 aromatic carbocycles. The molecule has 504 valence electrons. The third kappa shape index (κ3) is 66.7. The number of hydrogen-bond acceptors (Lipinski definition) is 7. The summed E-state index contributed by atoms with van der Waals surface area (Å²) in [5.41, 5.74) is 0. The molecule has 0 aromatic heterocycles. The predicted molar refractivity (Wildman–Crippen MR) is 367 cm³/mol. The van der Waals surface area contributed by atoms with Crippen LogP contribution in [0.25, 0.3) is 0 Å². The van der Waals surface area contributed by atoms with Crippen LogP contribution in [0.3, 0.4) is 0 Å². The monoisotopic (exact) mass is 1220 g/mol. The molecule has 10 heteroatoms. The minimum atomic E-state index is -4.70. The molecule has 0 fully saturated rings. The fraction of sp³-hybridized carbons (Fsp3) is 0.920. The van der Waals surface area contributed by atoms with Crippen molar-refractivity contribution in [3.63, 3.8) is 0 Å². The molecule has 9 nitrogen and oxygen atoms in total. The smallest absolute Gasteiger partial charge is 0.306 e. The number of hydrogen-bond donors (Lipinski definition) is 1. The number of carbonyl (C=O) groups excluding carboxylic acids is 2. The maximum absolute atomic E-state index is 13.6. The number of ether oxygens (including phenoxy) is 1. The predicted octanol–water partition coefficient (Wildman–Crippen LogP) is 23.4. The molecule has 85 heavy (non-hydrogen) atoms. The summed E-state index contributed by atoms with van der Waals surface area (Å²) >= 11 is 0. The Labute approximate surface area is 530 Å². The van der Waals surface area contributed by atoms with Crippen LogP contribution in [0.15, 0.2) is 24.3 Å².